The zero-order valence-electron chi connectivity index (χ0n) is 14.2. The Morgan fingerprint density at radius 3 is 2.50 bits per heavy atom. The molecule has 3 amide bonds. The number of hydrogen-bond donors (Lipinski definition) is 0. The van der Waals surface area contributed by atoms with E-state index in [4.69, 9.17) is 0 Å². The fraction of sp³-hybridized carbons (Fsp3) is 0.450. The van der Waals surface area contributed by atoms with Crippen LogP contribution in [0.1, 0.15) is 18.4 Å². The summed E-state index contributed by atoms with van der Waals surface area (Å²) in [7, 11) is 0. The predicted octanol–water partition coefficient (Wildman–Crippen LogP) is 1.91. The van der Waals surface area contributed by atoms with E-state index in [-0.39, 0.29) is 42.0 Å². The van der Waals surface area contributed by atoms with E-state index in [0.29, 0.717) is 12.2 Å². The van der Waals surface area contributed by atoms with Crippen LogP contribution in [-0.4, -0.2) is 35.7 Å². The first kappa shape index (κ1) is 15.7. The number of para-hydroxylation sites is 1. The third-order valence-corrected chi connectivity index (χ3v) is 6.32. The molecule has 0 spiro atoms. The van der Waals surface area contributed by atoms with Crippen LogP contribution in [0.5, 0.6) is 0 Å². The highest BCUT2D eigenvalue weighted by molar-refractivity contribution is 6.10. The normalized spacial score (nSPS) is 31.6. The Balaban J connectivity index is 1.39. The van der Waals surface area contributed by atoms with Crippen LogP contribution in [0.4, 0.5) is 10.1 Å². The van der Waals surface area contributed by atoms with Crippen molar-refractivity contribution < 1.29 is 18.8 Å². The van der Waals surface area contributed by atoms with E-state index in [0.717, 1.165) is 29.7 Å². The molecule has 6 heteroatoms. The van der Waals surface area contributed by atoms with Crippen LogP contribution in [0.15, 0.2) is 30.4 Å². The summed E-state index contributed by atoms with van der Waals surface area (Å²) in [5.74, 6) is -1.69. The van der Waals surface area contributed by atoms with E-state index in [1.54, 1.807) is 6.07 Å². The van der Waals surface area contributed by atoms with E-state index in [1.807, 2.05) is 18.2 Å². The summed E-state index contributed by atoms with van der Waals surface area (Å²) in [6, 6.07) is 4.79. The van der Waals surface area contributed by atoms with Crippen molar-refractivity contribution in [3.8, 4) is 0 Å². The van der Waals surface area contributed by atoms with Crippen molar-refractivity contribution in [2.75, 3.05) is 18.0 Å². The molecule has 0 N–H and O–H groups in total. The van der Waals surface area contributed by atoms with E-state index < -0.39 is 11.7 Å². The third-order valence-electron chi connectivity index (χ3n) is 6.32. The monoisotopic (exact) mass is 354 g/mol. The number of benzene rings is 1. The van der Waals surface area contributed by atoms with Crippen molar-refractivity contribution in [2.45, 2.75) is 19.3 Å². The maximum absolute atomic E-state index is 14.3. The summed E-state index contributed by atoms with van der Waals surface area (Å²) in [4.78, 5) is 40.9. The van der Waals surface area contributed by atoms with Gasteiger partial charge in [-0.2, -0.15) is 0 Å². The molecule has 26 heavy (non-hydrogen) atoms. The predicted molar refractivity (Wildman–Crippen MR) is 91.5 cm³/mol. The summed E-state index contributed by atoms with van der Waals surface area (Å²) in [5.41, 5.74) is 1.09. The molecule has 1 aromatic carbocycles. The Hall–Kier alpha value is -2.50. The van der Waals surface area contributed by atoms with Crippen molar-refractivity contribution >= 4 is 23.4 Å². The number of rotatable bonds is 2. The van der Waals surface area contributed by atoms with Crippen LogP contribution in [0.25, 0.3) is 0 Å². The second-order valence-corrected chi connectivity index (χ2v) is 7.66. The van der Waals surface area contributed by atoms with Gasteiger partial charge in [-0.25, -0.2) is 4.39 Å². The number of fused-ring (bicyclic) bond motifs is 6. The molecule has 4 atom stereocenters. The second kappa shape index (κ2) is 5.50. The van der Waals surface area contributed by atoms with Gasteiger partial charge in [0.2, 0.25) is 17.7 Å². The van der Waals surface area contributed by atoms with Crippen LogP contribution in [0, 0.1) is 29.5 Å². The van der Waals surface area contributed by atoms with Crippen LogP contribution >= 0.6 is 0 Å². The van der Waals surface area contributed by atoms with Crippen LogP contribution in [0.2, 0.25) is 0 Å². The van der Waals surface area contributed by atoms with E-state index in [1.165, 1.54) is 11.0 Å². The maximum Gasteiger partial charge on any atom is 0.247 e. The van der Waals surface area contributed by atoms with Gasteiger partial charge in [-0.1, -0.05) is 24.3 Å². The number of amides is 3. The molecule has 2 bridgehead atoms. The van der Waals surface area contributed by atoms with Gasteiger partial charge in [-0.05, 0) is 42.7 Å². The minimum atomic E-state index is -0.436. The second-order valence-electron chi connectivity index (χ2n) is 7.66. The molecule has 5 nitrogen and oxygen atoms in total. The molecule has 2 heterocycles. The van der Waals surface area contributed by atoms with Crippen molar-refractivity contribution in [1.82, 2.24) is 4.90 Å². The first-order valence-corrected chi connectivity index (χ1v) is 9.17. The first-order valence-electron chi connectivity index (χ1n) is 9.17. The van der Waals surface area contributed by atoms with E-state index in [9.17, 15) is 18.8 Å². The quantitative estimate of drug-likeness (QED) is 0.602. The minimum Gasteiger partial charge on any atom is -0.308 e. The van der Waals surface area contributed by atoms with Crippen molar-refractivity contribution in [3.63, 3.8) is 0 Å². The highest BCUT2D eigenvalue weighted by Gasteiger charge is 2.59. The van der Waals surface area contributed by atoms with Crippen LogP contribution < -0.4 is 4.90 Å². The molecule has 2 fully saturated rings. The molecule has 1 aromatic rings. The lowest BCUT2D eigenvalue weighted by molar-refractivity contribution is -0.143. The molecule has 4 aliphatic rings. The van der Waals surface area contributed by atoms with Crippen molar-refractivity contribution in [1.29, 1.82) is 0 Å². The minimum absolute atomic E-state index is 0.120. The van der Waals surface area contributed by atoms with Gasteiger partial charge in [-0.3, -0.25) is 19.3 Å². The molecule has 0 aromatic heterocycles. The van der Waals surface area contributed by atoms with Gasteiger partial charge in [0.15, 0.2) is 0 Å². The number of carbonyl (C=O) groups excluding carboxylic acids is 3. The zero-order valence-corrected chi connectivity index (χ0v) is 14.2. The van der Waals surface area contributed by atoms with Crippen LogP contribution in [-0.2, 0) is 20.8 Å². The Kier molecular flexibility index (Phi) is 3.33. The summed E-state index contributed by atoms with van der Waals surface area (Å²) in [6.45, 7) is 0.112. The SMILES string of the molecule is O=C1C2C3C=CC(C3)C2C(=O)N1CC(=O)N1CCCc2cccc(F)c21. The van der Waals surface area contributed by atoms with E-state index >= 15 is 0 Å². The van der Waals surface area contributed by atoms with Gasteiger partial charge in [0.1, 0.15) is 12.4 Å². The largest absolute Gasteiger partial charge is 0.308 e. The average Bonchev–Trinajstić information content (AvgIpc) is 3.31. The fourth-order valence-electron chi connectivity index (χ4n) is 5.19. The molecule has 2 aliphatic heterocycles. The number of hydrogen-bond acceptors (Lipinski definition) is 3. The maximum atomic E-state index is 14.3. The molecule has 2 aliphatic carbocycles. The summed E-state index contributed by atoms with van der Waals surface area (Å²) >= 11 is 0. The van der Waals surface area contributed by atoms with Crippen molar-refractivity contribution in [3.05, 3.63) is 41.7 Å². The number of carbonyl (C=O) groups is 3. The summed E-state index contributed by atoms with van der Waals surface area (Å²) in [6.07, 6.45) is 6.37. The molecule has 4 unspecified atom stereocenters. The molecule has 1 saturated heterocycles. The Bertz CT molecular complexity index is 835. The standard InChI is InChI=1S/C20H19FN2O3/c21-14-5-1-3-11-4-2-8-22(18(11)14)15(24)10-23-19(25)16-12-6-7-13(9-12)17(16)20(23)26/h1,3,5-7,12-13,16-17H,2,4,8-10H2. The average molecular weight is 354 g/mol. The Morgan fingerprint density at radius 2 is 1.81 bits per heavy atom. The van der Waals surface area contributed by atoms with Gasteiger partial charge < -0.3 is 4.90 Å². The lowest BCUT2D eigenvalue weighted by Gasteiger charge is -2.31. The number of aryl methyl sites for hydroxylation is 1. The number of likely N-dealkylation sites (tertiary alicyclic amines) is 1. The van der Waals surface area contributed by atoms with Gasteiger partial charge in [0, 0.05) is 6.54 Å². The number of allylic oxidation sites excluding steroid dienone is 2. The van der Waals surface area contributed by atoms with Crippen molar-refractivity contribution in [2.24, 2.45) is 23.7 Å². The van der Waals surface area contributed by atoms with Gasteiger partial charge >= 0.3 is 0 Å². The number of halogens is 1. The van der Waals surface area contributed by atoms with Gasteiger partial charge in [-0.15, -0.1) is 0 Å². The van der Waals surface area contributed by atoms with E-state index in [2.05, 4.69) is 0 Å². The topological polar surface area (TPSA) is 57.7 Å². The summed E-state index contributed by atoms with van der Waals surface area (Å²) < 4.78 is 14.3. The van der Waals surface area contributed by atoms with Gasteiger partial charge in [0.05, 0.1) is 17.5 Å². The molecule has 134 valence electrons. The molecular formula is C20H19FN2O3. The number of anilines is 1. The summed E-state index contributed by atoms with van der Waals surface area (Å²) in [5, 5.41) is 0. The number of nitrogens with zero attached hydrogens (tertiary/aromatic N) is 2. The third kappa shape index (κ3) is 2.04. The first-order chi connectivity index (χ1) is 12.6. The highest BCUT2D eigenvalue weighted by Crippen LogP contribution is 2.52. The lowest BCUT2D eigenvalue weighted by Crippen LogP contribution is -2.45. The fourth-order valence-corrected chi connectivity index (χ4v) is 5.19. The molecule has 1 saturated carbocycles. The zero-order chi connectivity index (χ0) is 18.0. The molecular weight excluding hydrogens is 335 g/mol. The molecule has 0 radical (unpaired) electrons. The number of imide groups is 1. The Labute approximate surface area is 150 Å². The van der Waals surface area contributed by atoms with Gasteiger partial charge in [0.25, 0.3) is 0 Å². The smallest absolute Gasteiger partial charge is 0.247 e. The highest BCUT2D eigenvalue weighted by atomic mass is 19.1. The molecule has 5 rings (SSSR count). The lowest BCUT2D eigenvalue weighted by atomic mass is 9.85. The van der Waals surface area contributed by atoms with Crippen LogP contribution in [0.3, 0.4) is 0 Å². The Morgan fingerprint density at radius 1 is 1.12 bits per heavy atom.